The lowest BCUT2D eigenvalue weighted by atomic mass is 9.90. The van der Waals surface area contributed by atoms with Gasteiger partial charge in [-0.15, -0.1) is 0 Å². The van der Waals surface area contributed by atoms with Gasteiger partial charge in [-0.25, -0.2) is 4.68 Å². The summed E-state index contributed by atoms with van der Waals surface area (Å²) in [5, 5.41) is 4.79. The number of benzene rings is 2. The van der Waals surface area contributed by atoms with Crippen LogP contribution in [-0.2, 0) is 6.42 Å². The summed E-state index contributed by atoms with van der Waals surface area (Å²) in [7, 11) is 0. The normalized spacial score (nSPS) is 14.5. The van der Waals surface area contributed by atoms with Gasteiger partial charge < -0.3 is 9.32 Å². The van der Waals surface area contributed by atoms with Crippen molar-refractivity contribution in [2.75, 3.05) is 13.1 Å². The fourth-order valence-corrected chi connectivity index (χ4v) is 4.66. The lowest BCUT2D eigenvalue weighted by Crippen LogP contribution is -2.39. The van der Waals surface area contributed by atoms with Gasteiger partial charge in [-0.1, -0.05) is 42.5 Å². The smallest absolute Gasteiger partial charge is 0.272 e. The monoisotopic (exact) mass is 439 g/mol. The largest absolute Gasteiger partial charge is 0.463 e. The molecule has 1 aliphatic rings. The van der Waals surface area contributed by atoms with Gasteiger partial charge in [0, 0.05) is 19.2 Å². The molecular formula is C28H29N3O2. The van der Waals surface area contributed by atoms with Crippen LogP contribution in [0.1, 0.15) is 40.0 Å². The molecule has 0 unspecified atom stereocenters. The van der Waals surface area contributed by atoms with Crippen LogP contribution in [0, 0.1) is 19.8 Å². The molecule has 5 rings (SSSR count). The van der Waals surface area contributed by atoms with Crippen LogP contribution in [0.4, 0.5) is 0 Å². The summed E-state index contributed by atoms with van der Waals surface area (Å²) < 4.78 is 7.36. The van der Waals surface area contributed by atoms with Gasteiger partial charge in [-0.05, 0) is 73.9 Å². The van der Waals surface area contributed by atoms with Crippen LogP contribution in [0.25, 0.3) is 17.1 Å². The molecule has 0 saturated carbocycles. The zero-order valence-corrected chi connectivity index (χ0v) is 19.2. The van der Waals surface area contributed by atoms with E-state index in [1.165, 1.54) is 5.56 Å². The highest BCUT2D eigenvalue weighted by molar-refractivity contribution is 5.94. The van der Waals surface area contributed by atoms with Crippen LogP contribution in [0.5, 0.6) is 0 Å². The lowest BCUT2D eigenvalue weighted by molar-refractivity contribution is 0.0681. The maximum atomic E-state index is 13.7. The van der Waals surface area contributed by atoms with Crippen molar-refractivity contribution in [3.05, 3.63) is 95.4 Å². The second-order valence-corrected chi connectivity index (χ2v) is 9.02. The fraction of sp³-hybridized carbons (Fsp3) is 0.286. The van der Waals surface area contributed by atoms with Crippen LogP contribution in [0.2, 0.25) is 0 Å². The van der Waals surface area contributed by atoms with E-state index in [9.17, 15) is 4.79 Å². The molecule has 1 saturated heterocycles. The van der Waals surface area contributed by atoms with Crippen molar-refractivity contribution in [3.63, 3.8) is 0 Å². The summed E-state index contributed by atoms with van der Waals surface area (Å²) in [4.78, 5) is 15.7. The van der Waals surface area contributed by atoms with Crippen molar-refractivity contribution in [3.8, 4) is 17.1 Å². The first-order chi connectivity index (χ1) is 16.1. The standard InChI is InChI=1S/C28H29N3O2/c1-20-10-11-21(2)25(17-20)31-26(19-24(29-31)27-9-6-16-33-27)28(32)30-14-12-23(13-15-30)18-22-7-4-3-5-8-22/h3-11,16-17,19,23H,12-15,18H2,1-2H3. The molecule has 0 N–H and O–H groups in total. The predicted octanol–water partition coefficient (Wildman–Crippen LogP) is 5.84. The first-order valence-electron chi connectivity index (χ1n) is 11.6. The molecule has 2 aromatic heterocycles. The number of hydrogen-bond acceptors (Lipinski definition) is 3. The number of rotatable bonds is 5. The average molecular weight is 440 g/mol. The Balaban J connectivity index is 1.40. The second-order valence-electron chi connectivity index (χ2n) is 9.02. The van der Waals surface area contributed by atoms with Crippen molar-refractivity contribution >= 4 is 5.91 Å². The molecule has 0 atom stereocenters. The quantitative estimate of drug-likeness (QED) is 0.392. The number of carbonyl (C=O) groups excluding carboxylic acids is 1. The minimum atomic E-state index is 0.0272. The van der Waals surface area contributed by atoms with E-state index >= 15 is 0 Å². The fourth-order valence-electron chi connectivity index (χ4n) is 4.66. The zero-order chi connectivity index (χ0) is 22.8. The number of hydrogen-bond donors (Lipinski definition) is 0. The Labute approximate surface area is 194 Å². The van der Waals surface area contributed by atoms with Crippen molar-refractivity contribution in [1.82, 2.24) is 14.7 Å². The summed E-state index contributed by atoms with van der Waals surface area (Å²) in [5.41, 5.74) is 5.75. The summed E-state index contributed by atoms with van der Waals surface area (Å²) in [6.07, 6.45) is 4.74. The topological polar surface area (TPSA) is 51.3 Å². The van der Waals surface area contributed by atoms with Gasteiger partial charge in [0.2, 0.25) is 0 Å². The van der Waals surface area contributed by atoms with E-state index < -0.39 is 0 Å². The Hall–Kier alpha value is -3.60. The molecule has 5 heteroatoms. The summed E-state index contributed by atoms with van der Waals surface area (Å²) in [5.74, 6) is 1.30. The predicted molar refractivity (Wildman–Crippen MR) is 130 cm³/mol. The van der Waals surface area contributed by atoms with Crippen molar-refractivity contribution in [1.29, 1.82) is 0 Å². The van der Waals surface area contributed by atoms with Crippen molar-refractivity contribution in [2.24, 2.45) is 5.92 Å². The third kappa shape index (κ3) is 4.49. The van der Waals surface area contributed by atoms with Crippen molar-refractivity contribution in [2.45, 2.75) is 33.1 Å². The molecule has 0 radical (unpaired) electrons. The number of furan rings is 1. The van der Waals surface area contributed by atoms with E-state index in [0.29, 0.717) is 23.1 Å². The SMILES string of the molecule is Cc1ccc(C)c(-n2nc(-c3ccco3)cc2C(=O)N2CCC(Cc3ccccc3)CC2)c1. The molecule has 0 spiro atoms. The van der Waals surface area contributed by atoms with Crippen LogP contribution in [-0.4, -0.2) is 33.7 Å². The average Bonchev–Trinajstić information content (AvgIpc) is 3.52. The molecular weight excluding hydrogens is 410 g/mol. The van der Waals surface area contributed by atoms with Gasteiger partial charge in [-0.3, -0.25) is 4.79 Å². The Bertz CT molecular complexity index is 1230. The van der Waals surface area contributed by atoms with Crippen LogP contribution >= 0.6 is 0 Å². The molecule has 5 nitrogen and oxygen atoms in total. The number of carbonyl (C=O) groups is 1. The van der Waals surface area contributed by atoms with Gasteiger partial charge in [0.15, 0.2) is 5.76 Å². The number of aromatic nitrogens is 2. The van der Waals surface area contributed by atoms with E-state index in [1.807, 2.05) is 30.0 Å². The number of aryl methyl sites for hydroxylation is 2. The van der Waals surface area contributed by atoms with E-state index in [1.54, 1.807) is 10.9 Å². The summed E-state index contributed by atoms with van der Waals surface area (Å²) >= 11 is 0. The molecule has 1 aliphatic heterocycles. The van der Waals surface area contributed by atoms with Gasteiger partial charge in [0.25, 0.3) is 5.91 Å². The number of nitrogens with zero attached hydrogens (tertiary/aromatic N) is 3. The number of amides is 1. The third-order valence-electron chi connectivity index (χ3n) is 6.56. The first-order valence-corrected chi connectivity index (χ1v) is 11.6. The summed E-state index contributed by atoms with van der Waals surface area (Å²) in [6.45, 7) is 5.64. The van der Waals surface area contributed by atoms with E-state index in [-0.39, 0.29) is 5.91 Å². The third-order valence-corrected chi connectivity index (χ3v) is 6.56. The van der Waals surface area contributed by atoms with E-state index in [0.717, 1.165) is 49.2 Å². The van der Waals surface area contributed by atoms with Crippen molar-refractivity contribution < 1.29 is 9.21 Å². The second kappa shape index (κ2) is 9.10. The Kier molecular flexibility index (Phi) is 5.86. The molecule has 3 heterocycles. The number of piperidine rings is 1. The Morgan fingerprint density at radius 2 is 1.79 bits per heavy atom. The highest BCUT2D eigenvalue weighted by Gasteiger charge is 2.28. The summed E-state index contributed by atoms with van der Waals surface area (Å²) in [6, 6.07) is 22.4. The highest BCUT2D eigenvalue weighted by Crippen LogP contribution is 2.27. The van der Waals surface area contributed by atoms with E-state index in [2.05, 4.69) is 55.5 Å². The number of likely N-dealkylation sites (tertiary alicyclic amines) is 1. The van der Waals surface area contributed by atoms with Gasteiger partial charge in [0.1, 0.15) is 11.4 Å². The van der Waals surface area contributed by atoms with E-state index in [4.69, 9.17) is 9.52 Å². The maximum absolute atomic E-state index is 13.7. The minimum absolute atomic E-state index is 0.0272. The highest BCUT2D eigenvalue weighted by atomic mass is 16.3. The molecule has 1 fully saturated rings. The van der Waals surface area contributed by atoms with Gasteiger partial charge in [0.05, 0.1) is 12.0 Å². The minimum Gasteiger partial charge on any atom is -0.463 e. The van der Waals surface area contributed by atoms with Crippen LogP contribution in [0.15, 0.2) is 77.4 Å². The molecule has 0 bridgehead atoms. The molecule has 33 heavy (non-hydrogen) atoms. The Morgan fingerprint density at radius 3 is 2.52 bits per heavy atom. The first kappa shape index (κ1) is 21.3. The molecule has 1 amide bonds. The molecule has 0 aliphatic carbocycles. The van der Waals surface area contributed by atoms with Gasteiger partial charge in [-0.2, -0.15) is 5.10 Å². The van der Waals surface area contributed by atoms with Crippen LogP contribution in [0.3, 0.4) is 0 Å². The Morgan fingerprint density at radius 1 is 1.00 bits per heavy atom. The zero-order valence-electron chi connectivity index (χ0n) is 19.2. The molecule has 2 aromatic carbocycles. The maximum Gasteiger partial charge on any atom is 0.272 e. The lowest BCUT2D eigenvalue weighted by Gasteiger charge is -2.32. The molecule has 168 valence electrons. The van der Waals surface area contributed by atoms with Gasteiger partial charge >= 0.3 is 0 Å². The van der Waals surface area contributed by atoms with Crippen LogP contribution < -0.4 is 0 Å². The molecule has 4 aromatic rings.